The molecule has 0 aromatic heterocycles. The largest absolute Gasteiger partial charge is 0.478 e. The molecule has 1 N–H and O–H groups in total. The van der Waals surface area contributed by atoms with Gasteiger partial charge in [-0.25, -0.2) is 4.79 Å². The zero-order chi connectivity index (χ0) is 15.1. The number of hydrogen-bond donors (Lipinski definition) is 1. The molecule has 110 valence electrons. The molecule has 1 aromatic rings. The molecule has 0 bridgehead atoms. The van der Waals surface area contributed by atoms with Gasteiger partial charge in [0.25, 0.3) is 0 Å². The zero-order valence-corrected chi connectivity index (χ0v) is 12.6. The number of carboxylic acids is 1. The molecule has 0 spiro atoms. The van der Waals surface area contributed by atoms with Gasteiger partial charge in [0.2, 0.25) is 0 Å². The number of ether oxygens (including phenoxy) is 1. The van der Waals surface area contributed by atoms with Crippen molar-refractivity contribution < 1.29 is 14.6 Å². The predicted octanol–water partition coefficient (Wildman–Crippen LogP) is 2.95. The van der Waals surface area contributed by atoms with Crippen molar-refractivity contribution in [1.29, 1.82) is 0 Å². The van der Waals surface area contributed by atoms with E-state index in [1.807, 2.05) is 25.1 Å². The highest BCUT2D eigenvalue weighted by atomic mass is 16.5. The van der Waals surface area contributed by atoms with Crippen LogP contribution < -0.4 is 4.90 Å². The summed E-state index contributed by atoms with van der Waals surface area (Å²) in [6.45, 7) is 7.64. The Morgan fingerprint density at radius 1 is 1.50 bits per heavy atom. The highest BCUT2D eigenvalue weighted by Crippen LogP contribution is 2.25. The van der Waals surface area contributed by atoms with Crippen molar-refractivity contribution in [2.45, 2.75) is 26.8 Å². The van der Waals surface area contributed by atoms with Crippen LogP contribution in [0.4, 0.5) is 5.69 Å². The molecule has 1 aromatic carbocycles. The zero-order valence-electron chi connectivity index (χ0n) is 12.6. The normalized spacial score (nSPS) is 12.6. The first-order chi connectivity index (χ1) is 9.49. The standard InChI is InChI=1S/C16H23NO3/c1-5-17(13(3)11-20-4)15-8-6-12(2)10-14(15)7-9-16(18)19/h6-10,13H,5,11H2,1-4H3,(H,18,19)/b9-7+. The second-order valence-electron chi connectivity index (χ2n) is 4.82. The number of methoxy groups -OCH3 is 1. The lowest BCUT2D eigenvalue weighted by atomic mass is 10.1. The maximum absolute atomic E-state index is 10.7. The summed E-state index contributed by atoms with van der Waals surface area (Å²) in [6, 6.07) is 6.30. The SMILES string of the molecule is CCN(c1ccc(C)cc1/C=C/C(=O)O)C(C)COC. The first-order valence-electron chi connectivity index (χ1n) is 6.76. The summed E-state index contributed by atoms with van der Waals surface area (Å²) >= 11 is 0. The fourth-order valence-electron chi connectivity index (χ4n) is 2.28. The van der Waals surface area contributed by atoms with Crippen molar-refractivity contribution in [1.82, 2.24) is 0 Å². The smallest absolute Gasteiger partial charge is 0.328 e. The second kappa shape index (κ2) is 7.70. The van der Waals surface area contributed by atoms with Gasteiger partial charge in [0.15, 0.2) is 0 Å². The summed E-state index contributed by atoms with van der Waals surface area (Å²) in [4.78, 5) is 12.9. The van der Waals surface area contributed by atoms with Crippen molar-refractivity contribution in [3.63, 3.8) is 0 Å². The fraction of sp³-hybridized carbons (Fsp3) is 0.438. The molecule has 0 aliphatic rings. The molecule has 0 amide bonds. The summed E-state index contributed by atoms with van der Waals surface area (Å²) in [5.74, 6) is -0.939. The van der Waals surface area contributed by atoms with Crippen LogP contribution in [0.1, 0.15) is 25.0 Å². The molecule has 1 unspecified atom stereocenters. The van der Waals surface area contributed by atoms with E-state index in [9.17, 15) is 4.79 Å². The summed E-state index contributed by atoms with van der Waals surface area (Å²) in [7, 11) is 1.69. The van der Waals surface area contributed by atoms with E-state index in [1.54, 1.807) is 13.2 Å². The Morgan fingerprint density at radius 3 is 2.75 bits per heavy atom. The van der Waals surface area contributed by atoms with Crippen LogP contribution in [0.15, 0.2) is 24.3 Å². The van der Waals surface area contributed by atoms with Gasteiger partial charge in [0, 0.05) is 31.5 Å². The molecule has 4 heteroatoms. The summed E-state index contributed by atoms with van der Waals surface area (Å²) < 4.78 is 5.22. The van der Waals surface area contributed by atoms with Crippen LogP contribution in [0.5, 0.6) is 0 Å². The van der Waals surface area contributed by atoms with Crippen molar-refractivity contribution in [2.24, 2.45) is 0 Å². The van der Waals surface area contributed by atoms with Crippen LogP contribution in [0, 0.1) is 6.92 Å². The quantitative estimate of drug-likeness (QED) is 0.778. The number of benzene rings is 1. The van der Waals surface area contributed by atoms with Crippen LogP contribution in [-0.2, 0) is 9.53 Å². The maximum Gasteiger partial charge on any atom is 0.328 e. The molecule has 0 radical (unpaired) electrons. The molecular weight excluding hydrogens is 254 g/mol. The number of rotatable bonds is 7. The van der Waals surface area contributed by atoms with E-state index in [1.165, 1.54) is 6.08 Å². The fourth-order valence-corrected chi connectivity index (χ4v) is 2.28. The third-order valence-electron chi connectivity index (χ3n) is 3.18. The minimum absolute atomic E-state index is 0.227. The summed E-state index contributed by atoms with van der Waals surface area (Å²) in [6.07, 6.45) is 2.82. The van der Waals surface area contributed by atoms with Gasteiger partial charge in [-0.1, -0.05) is 11.6 Å². The molecule has 0 saturated carbocycles. The molecule has 1 atom stereocenters. The van der Waals surface area contributed by atoms with E-state index in [2.05, 4.69) is 18.7 Å². The molecule has 0 heterocycles. The van der Waals surface area contributed by atoms with Gasteiger partial charge < -0.3 is 14.7 Å². The Labute approximate surface area is 120 Å². The Morgan fingerprint density at radius 2 is 2.20 bits per heavy atom. The highest BCUT2D eigenvalue weighted by Gasteiger charge is 2.15. The monoisotopic (exact) mass is 277 g/mol. The van der Waals surface area contributed by atoms with E-state index in [4.69, 9.17) is 9.84 Å². The average Bonchev–Trinajstić information content (AvgIpc) is 2.39. The van der Waals surface area contributed by atoms with Gasteiger partial charge in [0.05, 0.1) is 6.61 Å². The molecule has 0 aliphatic heterocycles. The minimum Gasteiger partial charge on any atom is -0.478 e. The van der Waals surface area contributed by atoms with Gasteiger partial charge in [-0.05, 0) is 44.5 Å². The molecule has 1 rings (SSSR count). The number of aliphatic carboxylic acids is 1. The number of hydrogen-bond acceptors (Lipinski definition) is 3. The van der Waals surface area contributed by atoms with Crippen molar-refractivity contribution in [3.05, 3.63) is 35.4 Å². The van der Waals surface area contributed by atoms with E-state index in [0.29, 0.717) is 6.61 Å². The van der Waals surface area contributed by atoms with Gasteiger partial charge >= 0.3 is 5.97 Å². The molecule has 20 heavy (non-hydrogen) atoms. The van der Waals surface area contributed by atoms with Crippen molar-refractivity contribution in [3.8, 4) is 0 Å². The first-order valence-corrected chi connectivity index (χ1v) is 6.76. The molecule has 4 nitrogen and oxygen atoms in total. The van der Waals surface area contributed by atoms with Crippen molar-refractivity contribution >= 4 is 17.7 Å². The third kappa shape index (κ3) is 4.38. The maximum atomic E-state index is 10.7. The van der Waals surface area contributed by atoms with Crippen LogP contribution in [0.2, 0.25) is 0 Å². The Kier molecular flexibility index (Phi) is 6.25. The molecule has 0 aliphatic carbocycles. The Balaban J connectivity index is 3.17. The Hall–Kier alpha value is -1.81. The number of anilines is 1. The Bertz CT molecular complexity index is 483. The van der Waals surface area contributed by atoms with Crippen LogP contribution in [0.25, 0.3) is 6.08 Å². The summed E-state index contributed by atoms with van der Waals surface area (Å²) in [5, 5.41) is 8.80. The van der Waals surface area contributed by atoms with Crippen LogP contribution in [-0.4, -0.2) is 37.4 Å². The van der Waals surface area contributed by atoms with Crippen LogP contribution in [0.3, 0.4) is 0 Å². The number of nitrogens with zero attached hydrogens (tertiary/aromatic N) is 1. The average molecular weight is 277 g/mol. The lowest BCUT2D eigenvalue weighted by Gasteiger charge is -2.31. The molecular formula is C16H23NO3. The van der Waals surface area contributed by atoms with Gasteiger partial charge in [-0.15, -0.1) is 0 Å². The van der Waals surface area contributed by atoms with Crippen molar-refractivity contribution in [2.75, 3.05) is 25.2 Å². The van der Waals surface area contributed by atoms with E-state index in [-0.39, 0.29) is 6.04 Å². The predicted molar refractivity (Wildman–Crippen MR) is 82.2 cm³/mol. The first kappa shape index (κ1) is 16.2. The molecule has 0 fully saturated rings. The highest BCUT2D eigenvalue weighted by molar-refractivity contribution is 5.87. The topological polar surface area (TPSA) is 49.8 Å². The molecule has 0 saturated heterocycles. The van der Waals surface area contributed by atoms with Crippen LogP contribution >= 0.6 is 0 Å². The second-order valence-corrected chi connectivity index (χ2v) is 4.82. The number of carbonyl (C=O) groups is 1. The summed E-state index contributed by atoms with van der Waals surface area (Å²) in [5.41, 5.74) is 3.05. The number of likely N-dealkylation sites (N-methyl/N-ethyl adjacent to an activating group) is 1. The van der Waals surface area contributed by atoms with Gasteiger partial charge in [-0.2, -0.15) is 0 Å². The lowest BCUT2D eigenvalue weighted by Crippen LogP contribution is -2.36. The van der Waals surface area contributed by atoms with E-state index in [0.717, 1.165) is 23.4 Å². The third-order valence-corrected chi connectivity index (χ3v) is 3.18. The number of aryl methyl sites for hydroxylation is 1. The van der Waals surface area contributed by atoms with Gasteiger partial charge in [0.1, 0.15) is 0 Å². The van der Waals surface area contributed by atoms with E-state index < -0.39 is 5.97 Å². The minimum atomic E-state index is -0.939. The number of carboxylic acid groups (broad SMARTS) is 1. The van der Waals surface area contributed by atoms with E-state index >= 15 is 0 Å². The lowest BCUT2D eigenvalue weighted by molar-refractivity contribution is -0.131. The van der Waals surface area contributed by atoms with Gasteiger partial charge in [-0.3, -0.25) is 0 Å².